The summed E-state index contributed by atoms with van der Waals surface area (Å²) in [6, 6.07) is 16.5. The molecule has 0 spiro atoms. The minimum Gasteiger partial charge on any atom is -0.492 e. The highest BCUT2D eigenvalue weighted by Crippen LogP contribution is 2.18. The van der Waals surface area contributed by atoms with Crippen molar-refractivity contribution in [1.82, 2.24) is 5.48 Å². The molecule has 0 fully saturated rings. The fraction of sp³-hybridized carbons (Fsp3) is 0.300. The van der Waals surface area contributed by atoms with Crippen molar-refractivity contribution >= 4 is 11.9 Å². The Bertz CT molecular complexity index is 698. The Kier molecular flexibility index (Phi) is 7.01. The van der Waals surface area contributed by atoms with E-state index in [1.807, 2.05) is 44.2 Å². The first-order valence-electron chi connectivity index (χ1n) is 8.32. The minimum atomic E-state index is -0.507. The monoisotopic (exact) mass is 341 g/mol. The molecule has 5 heteroatoms. The van der Waals surface area contributed by atoms with E-state index in [-0.39, 0.29) is 6.42 Å². The number of carbonyl (C=O) groups is 2. The zero-order valence-corrected chi connectivity index (χ0v) is 14.5. The van der Waals surface area contributed by atoms with Gasteiger partial charge in [-0.2, -0.15) is 5.48 Å². The molecular formula is C20H23NO4. The summed E-state index contributed by atoms with van der Waals surface area (Å²) < 4.78 is 5.63. The van der Waals surface area contributed by atoms with Crippen LogP contribution in [0.2, 0.25) is 0 Å². The maximum atomic E-state index is 12.2. The summed E-state index contributed by atoms with van der Waals surface area (Å²) in [5.41, 5.74) is 3.57. The fourth-order valence-electron chi connectivity index (χ4n) is 2.14. The lowest BCUT2D eigenvalue weighted by Gasteiger charge is -2.12. The van der Waals surface area contributed by atoms with E-state index in [1.165, 1.54) is 0 Å². The maximum absolute atomic E-state index is 12.2. The molecule has 0 aliphatic carbocycles. The minimum absolute atomic E-state index is 0.190. The van der Waals surface area contributed by atoms with Crippen LogP contribution in [0.15, 0.2) is 54.6 Å². The molecule has 0 aliphatic rings. The summed E-state index contributed by atoms with van der Waals surface area (Å²) in [4.78, 5) is 28.9. The second kappa shape index (κ2) is 9.47. The largest absolute Gasteiger partial charge is 0.492 e. The molecule has 2 aromatic carbocycles. The number of para-hydroxylation sites is 1. The second-order valence-corrected chi connectivity index (χ2v) is 6.09. The van der Waals surface area contributed by atoms with Gasteiger partial charge in [0.2, 0.25) is 0 Å². The molecule has 1 N–H and O–H groups in total. The van der Waals surface area contributed by atoms with Gasteiger partial charge in [0.25, 0.3) is 5.91 Å². The van der Waals surface area contributed by atoms with Gasteiger partial charge < -0.3 is 9.57 Å². The zero-order valence-electron chi connectivity index (χ0n) is 14.5. The normalized spacial score (nSPS) is 10.4. The fourth-order valence-corrected chi connectivity index (χ4v) is 2.14. The van der Waals surface area contributed by atoms with E-state index in [9.17, 15) is 9.59 Å². The van der Waals surface area contributed by atoms with Crippen molar-refractivity contribution in [2.75, 3.05) is 6.61 Å². The number of aryl methyl sites for hydroxylation is 1. The van der Waals surface area contributed by atoms with Gasteiger partial charge >= 0.3 is 5.97 Å². The average molecular weight is 341 g/mol. The van der Waals surface area contributed by atoms with E-state index in [1.54, 1.807) is 24.3 Å². The third-order valence-corrected chi connectivity index (χ3v) is 3.42. The predicted molar refractivity (Wildman–Crippen MR) is 95.1 cm³/mol. The molecule has 0 heterocycles. The van der Waals surface area contributed by atoms with Gasteiger partial charge in [-0.1, -0.05) is 56.3 Å². The first-order chi connectivity index (χ1) is 12.1. The molecular weight excluding hydrogens is 318 g/mol. The van der Waals surface area contributed by atoms with E-state index in [4.69, 9.17) is 9.57 Å². The number of hydrogen-bond donors (Lipinski definition) is 1. The lowest BCUT2D eigenvalue weighted by Crippen LogP contribution is -2.27. The van der Waals surface area contributed by atoms with Crippen molar-refractivity contribution in [3.63, 3.8) is 0 Å². The van der Waals surface area contributed by atoms with Crippen LogP contribution >= 0.6 is 0 Å². The number of rotatable bonds is 7. The van der Waals surface area contributed by atoms with Crippen molar-refractivity contribution in [3.05, 3.63) is 65.7 Å². The van der Waals surface area contributed by atoms with Gasteiger partial charge in [0, 0.05) is 0 Å². The number of amides is 1. The van der Waals surface area contributed by atoms with E-state index >= 15 is 0 Å². The van der Waals surface area contributed by atoms with Crippen LogP contribution in [0.4, 0.5) is 0 Å². The lowest BCUT2D eigenvalue weighted by atomic mass is 10.1. The highest BCUT2D eigenvalue weighted by molar-refractivity contribution is 5.96. The van der Waals surface area contributed by atoms with Crippen LogP contribution < -0.4 is 10.2 Å². The quantitative estimate of drug-likeness (QED) is 0.782. The summed E-state index contributed by atoms with van der Waals surface area (Å²) in [7, 11) is 0. The summed E-state index contributed by atoms with van der Waals surface area (Å²) in [5.74, 6) is -0.189. The first kappa shape index (κ1) is 18.5. The standard InChI is InChI=1S/C20H23NO4/c1-15(2)14-24-18-11-7-6-10-17(18)20(23)21-25-19(22)13-12-16-8-4-3-5-9-16/h3-11,15H,12-14H2,1-2H3,(H,21,23). The average Bonchev–Trinajstić information content (AvgIpc) is 2.63. The molecule has 0 saturated heterocycles. The molecule has 132 valence electrons. The number of ether oxygens (including phenoxy) is 1. The summed E-state index contributed by atoms with van der Waals surface area (Å²) in [6.07, 6.45) is 0.749. The van der Waals surface area contributed by atoms with Crippen LogP contribution in [0.5, 0.6) is 5.75 Å². The molecule has 0 atom stereocenters. The summed E-state index contributed by atoms with van der Waals surface area (Å²) >= 11 is 0. The second-order valence-electron chi connectivity index (χ2n) is 6.09. The smallest absolute Gasteiger partial charge is 0.332 e. The summed E-state index contributed by atoms with van der Waals surface area (Å²) in [5, 5.41) is 0. The maximum Gasteiger partial charge on any atom is 0.332 e. The van der Waals surface area contributed by atoms with Crippen molar-refractivity contribution < 1.29 is 19.2 Å². The molecule has 25 heavy (non-hydrogen) atoms. The molecule has 0 aliphatic heterocycles. The molecule has 0 saturated carbocycles. The molecule has 5 nitrogen and oxygen atoms in total. The van der Waals surface area contributed by atoms with Crippen LogP contribution in [0.25, 0.3) is 0 Å². The lowest BCUT2D eigenvalue weighted by molar-refractivity contribution is -0.148. The van der Waals surface area contributed by atoms with E-state index < -0.39 is 11.9 Å². The van der Waals surface area contributed by atoms with Crippen LogP contribution in [-0.2, 0) is 16.1 Å². The van der Waals surface area contributed by atoms with Crippen LogP contribution in [-0.4, -0.2) is 18.5 Å². The Morgan fingerprint density at radius 2 is 1.68 bits per heavy atom. The number of benzene rings is 2. The third kappa shape index (κ3) is 6.30. The van der Waals surface area contributed by atoms with Gasteiger partial charge in [-0.3, -0.25) is 4.79 Å². The number of hydroxylamine groups is 1. The highest BCUT2D eigenvalue weighted by Gasteiger charge is 2.14. The van der Waals surface area contributed by atoms with Crippen molar-refractivity contribution in [2.45, 2.75) is 26.7 Å². The number of nitrogens with one attached hydrogen (secondary N) is 1. The number of hydrogen-bond acceptors (Lipinski definition) is 4. The van der Waals surface area contributed by atoms with Crippen LogP contribution in [0.3, 0.4) is 0 Å². The Balaban J connectivity index is 1.84. The molecule has 0 aromatic heterocycles. The molecule has 1 amide bonds. The first-order valence-corrected chi connectivity index (χ1v) is 8.32. The molecule has 0 unspecified atom stereocenters. The highest BCUT2D eigenvalue weighted by atomic mass is 16.7. The molecule has 2 aromatic rings. The van der Waals surface area contributed by atoms with Crippen LogP contribution in [0.1, 0.15) is 36.2 Å². The van der Waals surface area contributed by atoms with Crippen LogP contribution in [0, 0.1) is 5.92 Å². The van der Waals surface area contributed by atoms with Crippen molar-refractivity contribution in [3.8, 4) is 5.75 Å². The predicted octanol–water partition coefficient (Wildman–Crippen LogP) is 3.54. The Morgan fingerprint density at radius 3 is 2.40 bits per heavy atom. The number of carbonyl (C=O) groups excluding carboxylic acids is 2. The van der Waals surface area contributed by atoms with Gasteiger partial charge in [-0.15, -0.1) is 0 Å². The summed E-state index contributed by atoms with van der Waals surface area (Å²) in [6.45, 7) is 4.55. The Labute approximate surface area is 147 Å². The van der Waals surface area contributed by atoms with Crippen molar-refractivity contribution in [2.24, 2.45) is 5.92 Å². The SMILES string of the molecule is CC(C)COc1ccccc1C(=O)NOC(=O)CCc1ccccc1. The van der Waals surface area contributed by atoms with Gasteiger partial charge in [0.1, 0.15) is 5.75 Å². The molecule has 0 radical (unpaired) electrons. The van der Waals surface area contributed by atoms with E-state index in [0.29, 0.717) is 30.3 Å². The van der Waals surface area contributed by atoms with Gasteiger partial charge in [0.15, 0.2) is 0 Å². The van der Waals surface area contributed by atoms with E-state index in [0.717, 1.165) is 5.56 Å². The Hall–Kier alpha value is -2.82. The zero-order chi connectivity index (χ0) is 18.1. The molecule has 0 bridgehead atoms. The van der Waals surface area contributed by atoms with Crippen molar-refractivity contribution in [1.29, 1.82) is 0 Å². The van der Waals surface area contributed by atoms with Gasteiger partial charge in [0.05, 0.1) is 18.6 Å². The van der Waals surface area contributed by atoms with Gasteiger partial charge in [-0.05, 0) is 30.0 Å². The Morgan fingerprint density at radius 1 is 1.00 bits per heavy atom. The molecule has 2 rings (SSSR count). The van der Waals surface area contributed by atoms with Gasteiger partial charge in [-0.25, -0.2) is 4.79 Å². The van der Waals surface area contributed by atoms with E-state index in [2.05, 4.69) is 5.48 Å². The topological polar surface area (TPSA) is 64.6 Å². The third-order valence-electron chi connectivity index (χ3n) is 3.42.